The molecule has 4 heteroatoms. The molecule has 0 heterocycles. The molecular formula is HCoCuLiPt. The van der Waals surface area contributed by atoms with Crippen LogP contribution in [0.2, 0.25) is 0 Å². The standard InChI is InChI=1S/Co.Cu.Li.Pt.H. The summed E-state index contributed by atoms with van der Waals surface area (Å²) in [7, 11) is 0. The molecule has 0 atom stereocenters. The van der Waals surface area contributed by atoms with Gasteiger partial charge >= 0.3 is 18.9 Å². The van der Waals surface area contributed by atoms with Crippen molar-refractivity contribution in [1.29, 1.82) is 0 Å². The number of rotatable bonds is 0. The summed E-state index contributed by atoms with van der Waals surface area (Å²) in [4.78, 5) is 0. The summed E-state index contributed by atoms with van der Waals surface area (Å²) in [5.74, 6) is 0. The Morgan fingerprint density at radius 2 is 1.00 bits per heavy atom. The van der Waals surface area contributed by atoms with E-state index in [9.17, 15) is 0 Å². The molecule has 0 N–H and O–H groups in total. The summed E-state index contributed by atoms with van der Waals surface area (Å²) < 4.78 is 0. The minimum atomic E-state index is 0. The third kappa shape index (κ3) is 8.85. The molecule has 0 amide bonds. The first-order valence-corrected chi connectivity index (χ1v) is 0. The van der Waals surface area contributed by atoms with Crippen molar-refractivity contribution in [3.8, 4) is 0 Å². The predicted molar refractivity (Wildman–Crippen MR) is 7.15 cm³/mol. The summed E-state index contributed by atoms with van der Waals surface area (Å²) in [6.45, 7) is 0. The van der Waals surface area contributed by atoms with E-state index in [1.807, 2.05) is 0 Å². The largest absolute Gasteiger partial charge is 0 e. The zero-order valence-electron chi connectivity index (χ0n) is 0.951. The van der Waals surface area contributed by atoms with Crippen LogP contribution < -0.4 is 0 Å². The monoisotopic (exact) mass is 325 g/mol. The minimum absolute atomic E-state index is 0. The predicted octanol–water partition coefficient (Wildman–Crippen LogP) is -0.656. The van der Waals surface area contributed by atoms with Gasteiger partial charge in [-0.25, -0.2) is 0 Å². The maximum atomic E-state index is 0. The van der Waals surface area contributed by atoms with Gasteiger partial charge in [-0.05, 0) is 0 Å². The first-order valence-electron chi connectivity index (χ1n) is 0. The Kier molecular flexibility index (Phi) is 154. The molecule has 0 nitrogen and oxygen atoms in total. The van der Waals surface area contributed by atoms with Crippen LogP contribution in [-0.2, 0) is 54.9 Å². The number of hydrogen-bond acceptors (Lipinski definition) is 0. The summed E-state index contributed by atoms with van der Waals surface area (Å²) in [6.07, 6.45) is 0. The minimum Gasteiger partial charge on any atom is 0 e. The van der Waals surface area contributed by atoms with Crippen LogP contribution in [0.4, 0.5) is 0 Å². The molecule has 0 spiro atoms. The maximum absolute atomic E-state index is 0. The van der Waals surface area contributed by atoms with Gasteiger partial charge in [-0.2, -0.15) is 0 Å². The molecule has 0 fully saturated rings. The van der Waals surface area contributed by atoms with Gasteiger partial charge in [0.1, 0.15) is 0 Å². The van der Waals surface area contributed by atoms with Gasteiger partial charge in [0.25, 0.3) is 0 Å². The van der Waals surface area contributed by atoms with Gasteiger partial charge in [0.2, 0.25) is 0 Å². The summed E-state index contributed by atoms with van der Waals surface area (Å²) >= 11 is 0. The fourth-order valence-corrected chi connectivity index (χ4v) is 0. The van der Waals surface area contributed by atoms with E-state index >= 15 is 0 Å². The van der Waals surface area contributed by atoms with E-state index in [0.29, 0.717) is 0 Å². The van der Waals surface area contributed by atoms with Gasteiger partial charge in [-0.15, -0.1) is 0 Å². The van der Waals surface area contributed by atoms with E-state index < -0.39 is 0 Å². The van der Waals surface area contributed by atoms with Crippen molar-refractivity contribution >= 4 is 18.9 Å². The van der Waals surface area contributed by atoms with Crippen LogP contribution in [0.1, 0.15) is 0 Å². The molecule has 4 heavy (non-hydrogen) atoms. The van der Waals surface area contributed by atoms with E-state index in [1.165, 1.54) is 0 Å². The molecule has 0 bridgehead atoms. The molecular weight excluding hydrogens is 324 g/mol. The average molecular weight is 326 g/mol. The van der Waals surface area contributed by atoms with E-state index in [4.69, 9.17) is 0 Å². The van der Waals surface area contributed by atoms with Gasteiger partial charge in [0, 0.05) is 54.9 Å². The molecule has 0 aliphatic heterocycles. The maximum Gasteiger partial charge on any atom is 0 e. The van der Waals surface area contributed by atoms with Crippen molar-refractivity contribution in [3.63, 3.8) is 0 Å². The molecule has 0 saturated heterocycles. The van der Waals surface area contributed by atoms with Gasteiger partial charge in [0.15, 0.2) is 0 Å². The van der Waals surface area contributed by atoms with Crippen LogP contribution in [0.3, 0.4) is 0 Å². The van der Waals surface area contributed by atoms with Crippen molar-refractivity contribution in [2.45, 2.75) is 0 Å². The van der Waals surface area contributed by atoms with E-state index in [0.717, 1.165) is 0 Å². The van der Waals surface area contributed by atoms with Crippen molar-refractivity contribution < 1.29 is 54.9 Å². The van der Waals surface area contributed by atoms with Crippen molar-refractivity contribution in [2.24, 2.45) is 0 Å². The van der Waals surface area contributed by atoms with Crippen LogP contribution in [-0.4, -0.2) is 18.9 Å². The fraction of sp³-hybridized carbons (Fsp3) is 0. The van der Waals surface area contributed by atoms with E-state index in [-0.39, 0.29) is 73.8 Å². The van der Waals surface area contributed by atoms with Crippen molar-refractivity contribution in [2.75, 3.05) is 0 Å². The van der Waals surface area contributed by atoms with E-state index in [2.05, 4.69) is 0 Å². The second-order valence-corrected chi connectivity index (χ2v) is 0. The zero-order chi connectivity index (χ0) is 0. The second kappa shape index (κ2) is 18.5. The molecule has 0 rings (SSSR count). The van der Waals surface area contributed by atoms with Gasteiger partial charge < -0.3 is 0 Å². The molecule has 0 aliphatic carbocycles. The Morgan fingerprint density at radius 1 is 1.00 bits per heavy atom. The number of hydrogen-bond donors (Lipinski definition) is 0. The Bertz CT molecular complexity index is 8.00. The SMILES string of the molecule is [Co].[Cu].[LiH].[Pt]. The third-order valence-corrected chi connectivity index (χ3v) is 0. The Labute approximate surface area is 73.0 Å². The molecule has 0 unspecified atom stereocenters. The van der Waals surface area contributed by atoms with Crippen LogP contribution in [0.5, 0.6) is 0 Å². The van der Waals surface area contributed by atoms with Crippen LogP contribution in [0.25, 0.3) is 0 Å². The van der Waals surface area contributed by atoms with E-state index in [1.54, 1.807) is 0 Å². The quantitative estimate of drug-likeness (QED) is 0.519. The van der Waals surface area contributed by atoms with Crippen molar-refractivity contribution in [3.05, 3.63) is 0 Å². The Morgan fingerprint density at radius 3 is 1.00 bits per heavy atom. The second-order valence-electron chi connectivity index (χ2n) is 0. The van der Waals surface area contributed by atoms with Crippen LogP contribution in [0.15, 0.2) is 0 Å². The molecule has 0 aromatic heterocycles. The first-order chi connectivity index (χ1) is 0. The Balaban J connectivity index is 0. The fourth-order valence-electron chi connectivity index (χ4n) is 0. The zero-order valence-corrected chi connectivity index (χ0v) is 5.21. The average Bonchev–Trinajstić information content (AvgIpc) is 0. The third-order valence-electron chi connectivity index (χ3n) is 0. The molecule has 0 aliphatic rings. The smallest absolute Gasteiger partial charge is 0 e. The summed E-state index contributed by atoms with van der Waals surface area (Å²) in [6, 6.07) is 0. The molecule has 0 aromatic rings. The van der Waals surface area contributed by atoms with Crippen molar-refractivity contribution in [1.82, 2.24) is 0 Å². The van der Waals surface area contributed by atoms with Gasteiger partial charge in [-0.3, -0.25) is 0 Å². The Hall–Kier alpha value is 2.31. The summed E-state index contributed by atoms with van der Waals surface area (Å²) in [5.41, 5.74) is 0. The van der Waals surface area contributed by atoms with Gasteiger partial charge in [0.05, 0.1) is 0 Å². The molecule has 32 valence electrons. The first kappa shape index (κ1) is 33.3. The molecule has 0 aromatic carbocycles. The van der Waals surface area contributed by atoms with Crippen LogP contribution in [0, 0.1) is 0 Å². The molecule has 0 saturated carbocycles. The van der Waals surface area contributed by atoms with Gasteiger partial charge in [-0.1, -0.05) is 0 Å². The summed E-state index contributed by atoms with van der Waals surface area (Å²) in [5, 5.41) is 0. The normalized spacial score (nSPS) is 0. The molecule has 2 radical (unpaired) electrons. The van der Waals surface area contributed by atoms with Crippen LogP contribution >= 0.6 is 0 Å². The topological polar surface area (TPSA) is 0 Å².